The molecule has 0 aliphatic carbocycles. The first-order valence-electron chi connectivity index (χ1n) is 10.9. The number of hydrogen-bond donors (Lipinski definition) is 1. The number of ether oxygens (including phenoxy) is 1. The van der Waals surface area contributed by atoms with E-state index in [0.29, 0.717) is 42.6 Å². The second kappa shape index (κ2) is 13.4. The Morgan fingerprint density at radius 1 is 1.16 bits per heavy atom. The third-order valence-electron chi connectivity index (χ3n) is 4.96. The van der Waals surface area contributed by atoms with Crippen LogP contribution in [0.15, 0.2) is 53.4 Å². The molecule has 7 heteroatoms. The van der Waals surface area contributed by atoms with Crippen LogP contribution >= 0.6 is 23.4 Å². The minimum Gasteiger partial charge on any atom is -0.497 e. The number of halogens is 1. The van der Waals surface area contributed by atoms with E-state index < -0.39 is 6.04 Å². The number of carbonyl (C=O) groups excluding carboxylic acids is 2. The maximum atomic E-state index is 13.3. The standard InChI is InChI=1S/C25H33ClN2O3S/c1-5-23(25(30)27-16-18(2)3)28(17-19-7-6-8-21(15-19)31-4)24(29)13-14-32-22-11-9-20(26)10-12-22/h6-12,15,18,23H,5,13-14,16-17H2,1-4H3,(H,27,30)/t23-/m0/s1. The van der Waals surface area contributed by atoms with Gasteiger partial charge in [-0.2, -0.15) is 0 Å². The molecular formula is C25H33ClN2O3S. The van der Waals surface area contributed by atoms with Gasteiger partial charge in [-0.15, -0.1) is 11.8 Å². The van der Waals surface area contributed by atoms with E-state index in [4.69, 9.17) is 16.3 Å². The van der Waals surface area contributed by atoms with Crippen molar-refractivity contribution in [3.63, 3.8) is 0 Å². The van der Waals surface area contributed by atoms with E-state index in [2.05, 4.69) is 5.32 Å². The van der Waals surface area contributed by atoms with Gasteiger partial charge in [0.1, 0.15) is 11.8 Å². The van der Waals surface area contributed by atoms with Gasteiger partial charge in [0.05, 0.1) is 7.11 Å². The lowest BCUT2D eigenvalue weighted by molar-refractivity contribution is -0.141. The Labute approximate surface area is 200 Å². The predicted molar refractivity (Wildman–Crippen MR) is 132 cm³/mol. The molecule has 0 unspecified atom stereocenters. The molecule has 0 radical (unpaired) electrons. The summed E-state index contributed by atoms with van der Waals surface area (Å²) in [5.74, 6) is 1.54. The highest BCUT2D eigenvalue weighted by molar-refractivity contribution is 7.99. The first-order valence-corrected chi connectivity index (χ1v) is 12.3. The highest BCUT2D eigenvalue weighted by atomic mass is 35.5. The highest BCUT2D eigenvalue weighted by Gasteiger charge is 2.28. The van der Waals surface area contributed by atoms with Crippen LogP contribution in [0.2, 0.25) is 5.02 Å². The molecule has 1 N–H and O–H groups in total. The fraction of sp³-hybridized carbons (Fsp3) is 0.440. The van der Waals surface area contributed by atoms with Gasteiger partial charge in [-0.25, -0.2) is 0 Å². The number of benzene rings is 2. The molecule has 2 amide bonds. The SMILES string of the molecule is CC[C@@H](C(=O)NCC(C)C)N(Cc1cccc(OC)c1)C(=O)CCSc1ccc(Cl)cc1. The molecule has 1 atom stereocenters. The summed E-state index contributed by atoms with van der Waals surface area (Å²) in [6.45, 7) is 6.98. The topological polar surface area (TPSA) is 58.6 Å². The van der Waals surface area contributed by atoms with Crippen molar-refractivity contribution in [3.05, 3.63) is 59.1 Å². The summed E-state index contributed by atoms with van der Waals surface area (Å²) in [7, 11) is 1.62. The fourth-order valence-electron chi connectivity index (χ4n) is 3.24. The summed E-state index contributed by atoms with van der Waals surface area (Å²) in [4.78, 5) is 28.9. The van der Waals surface area contributed by atoms with Crippen LogP contribution in [0.1, 0.15) is 39.2 Å². The molecule has 0 saturated carbocycles. The second-order valence-electron chi connectivity index (χ2n) is 7.99. The Bertz CT molecular complexity index is 874. The minimum absolute atomic E-state index is 0.0409. The first-order chi connectivity index (χ1) is 15.3. The Morgan fingerprint density at radius 3 is 2.50 bits per heavy atom. The Hall–Kier alpha value is -2.18. The van der Waals surface area contributed by atoms with Gasteiger partial charge in [-0.3, -0.25) is 9.59 Å². The zero-order valence-corrected chi connectivity index (χ0v) is 20.8. The predicted octanol–water partition coefficient (Wildman–Crippen LogP) is 5.41. The molecule has 2 aromatic carbocycles. The number of amides is 2. The lowest BCUT2D eigenvalue weighted by Gasteiger charge is -2.31. The number of hydrogen-bond acceptors (Lipinski definition) is 4. The van der Waals surface area contributed by atoms with Crippen LogP contribution < -0.4 is 10.1 Å². The number of thioether (sulfide) groups is 1. The molecule has 0 aromatic heterocycles. The van der Waals surface area contributed by atoms with E-state index in [1.54, 1.807) is 23.8 Å². The van der Waals surface area contributed by atoms with Crippen molar-refractivity contribution in [1.82, 2.24) is 10.2 Å². The average Bonchev–Trinajstić information content (AvgIpc) is 2.78. The summed E-state index contributed by atoms with van der Waals surface area (Å²) in [5, 5.41) is 3.68. The van der Waals surface area contributed by atoms with Crippen LogP contribution in [0.4, 0.5) is 0 Å². The fourth-order valence-corrected chi connectivity index (χ4v) is 4.21. The maximum absolute atomic E-state index is 13.3. The van der Waals surface area contributed by atoms with Crippen LogP contribution in [0.3, 0.4) is 0 Å². The third kappa shape index (κ3) is 8.40. The van der Waals surface area contributed by atoms with Crippen molar-refractivity contribution in [2.24, 2.45) is 5.92 Å². The number of carbonyl (C=O) groups is 2. The third-order valence-corrected chi connectivity index (χ3v) is 6.22. The van der Waals surface area contributed by atoms with E-state index in [9.17, 15) is 9.59 Å². The average molecular weight is 477 g/mol. The van der Waals surface area contributed by atoms with E-state index in [1.165, 1.54) is 0 Å². The Morgan fingerprint density at radius 2 is 1.88 bits per heavy atom. The van der Waals surface area contributed by atoms with Crippen molar-refractivity contribution >= 4 is 35.2 Å². The van der Waals surface area contributed by atoms with Gasteiger partial charge in [0.2, 0.25) is 11.8 Å². The number of rotatable bonds is 12. The van der Waals surface area contributed by atoms with Crippen LogP contribution in [0.25, 0.3) is 0 Å². The molecule has 0 spiro atoms. The van der Waals surface area contributed by atoms with Crippen molar-refractivity contribution in [1.29, 1.82) is 0 Å². The van der Waals surface area contributed by atoms with Gasteiger partial charge in [0.25, 0.3) is 0 Å². The lowest BCUT2D eigenvalue weighted by atomic mass is 10.1. The first kappa shape index (κ1) is 26.1. The van der Waals surface area contributed by atoms with E-state index in [0.717, 1.165) is 16.2 Å². The molecule has 32 heavy (non-hydrogen) atoms. The quantitative estimate of drug-likeness (QED) is 0.416. The molecule has 0 aliphatic heterocycles. The van der Waals surface area contributed by atoms with Gasteiger partial charge in [0, 0.05) is 35.2 Å². The molecule has 0 heterocycles. The normalized spacial score (nSPS) is 11.8. The Kier molecular flexibility index (Phi) is 10.9. The van der Waals surface area contributed by atoms with Crippen molar-refractivity contribution in [2.45, 2.75) is 51.1 Å². The van der Waals surface area contributed by atoms with E-state index in [1.807, 2.05) is 69.3 Å². The van der Waals surface area contributed by atoms with Gasteiger partial charge in [0.15, 0.2) is 0 Å². The summed E-state index contributed by atoms with van der Waals surface area (Å²) in [6, 6.07) is 14.7. The summed E-state index contributed by atoms with van der Waals surface area (Å²) >= 11 is 7.55. The van der Waals surface area contributed by atoms with Crippen molar-refractivity contribution in [3.8, 4) is 5.75 Å². The largest absolute Gasteiger partial charge is 0.497 e. The van der Waals surface area contributed by atoms with Crippen LogP contribution in [-0.4, -0.2) is 42.2 Å². The monoisotopic (exact) mass is 476 g/mol. The molecule has 174 valence electrons. The second-order valence-corrected chi connectivity index (χ2v) is 9.59. The number of nitrogens with zero attached hydrogens (tertiary/aromatic N) is 1. The highest BCUT2D eigenvalue weighted by Crippen LogP contribution is 2.23. The number of nitrogens with one attached hydrogen (secondary N) is 1. The van der Waals surface area contributed by atoms with Gasteiger partial charge >= 0.3 is 0 Å². The van der Waals surface area contributed by atoms with Crippen LogP contribution in [-0.2, 0) is 16.1 Å². The van der Waals surface area contributed by atoms with E-state index in [-0.39, 0.29) is 11.8 Å². The van der Waals surface area contributed by atoms with Crippen LogP contribution in [0.5, 0.6) is 5.75 Å². The zero-order valence-electron chi connectivity index (χ0n) is 19.3. The lowest BCUT2D eigenvalue weighted by Crippen LogP contribution is -2.49. The molecular weight excluding hydrogens is 444 g/mol. The molecule has 0 fully saturated rings. The van der Waals surface area contributed by atoms with Gasteiger partial charge < -0.3 is 15.0 Å². The molecule has 0 bridgehead atoms. The number of methoxy groups -OCH3 is 1. The molecule has 0 saturated heterocycles. The maximum Gasteiger partial charge on any atom is 0.242 e. The summed E-state index contributed by atoms with van der Waals surface area (Å²) in [5.41, 5.74) is 0.929. The molecule has 2 rings (SSSR count). The van der Waals surface area contributed by atoms with Gasteiger partial charge in [-0.1, -0.05) is 44.5 Å². The Balaban J connectivity index is 2.13. The summed E-state index contributed by atoms with van der Waals surface area (Å²) < 4.78 is 5.32. The minimum atomic E-state index is -0.520. The molecule has 2 aromatic rings. The van der Waals surface area contributed by atoms with Crippen LogP contribution in [0, 0.1) is 5.92 Å². The van der Waals surface area contributed by atoms with E-state index >= 15 is 0 Å². The smallest absolute Gasteiger partial charge is 0.242 e. The zero-order chi connectivity index (χ0) is 23.5. The van der Waals surface area contributed by atoms with Crippen molar-refractivity contribution < 1.29 is 14.3 Å². The molecule has 0 aliphatic rings. The van der Waals surface area contributed by atoms with Crippen molar-refractivity contribution in [2.75, 3.05) is 19.4 Å². The van der Waals surface area contributed by atoms with Gasteiger partial charge in [-0.05, 0) is 54.3 Å². The molecule has 5 nitrogen and oxygen atoms in total. The summed E-state index contributed by atoms with van der Waals surface area (Å²) in [6.07, 6.45) is 0.884.